The van der Waals surface area contributed by atoms with Crippen molar-refractivity contribution in [1.29, 1.82) is 0 Å². The van der Waals surface area contributed by atoms with Gasteiger partial charge in [0.2, 0.25) is 0 Å². The highest BCUT2D eigenvalue weighted by molar-refractivity contribution is 5.43. The molecule has 1 aromatic rings. The lowest BCUT2D eigenvalue weighted by molar-refractivity contribution is 0.171. The number of fused-ring (bicyclic) bond motifs is 1. The largest absolute Gasteiger partial charge is 0.486 e. The second-order valence-corrected chi connectivity index (χ2v) is 6.58. The van der Waals surface area contributed by atoms with Gasteiger partial charge in [-0.1, -0.05) is 32.3 Å². The van der Waals surface area contributed by atoms with Crippen LogP contribution in [0.3, 0.4) is 0 Å². The zero-order chi connectivity index (χ0) is 14.5. The minimum Gasteiger partial charge on any atom is -0.486 e. The molecule has 1 aromatic carbocycles. The smallest absolute Gasteiger partial charge is 0.161 e. The average molecular weight is 289 g/mol. The van der Waals surface area contributed by atoms with E-state index in [0.717, 1.165) is 36.4 Å². The normalized spacial score (nSPS) is 24.8. The SMILES string of the molecule is CC1CCCC(CCNCc2ccc3c(c2)OCCO3)C1. The molecule has 3 nitrogen and oxygen atoms in total. The van der Waals surface area contributed by atoms with Crippen LogP contribution in [0.15, 0.2) is 18.2 Å². The molecule has 1 N–H and O–H groups in total. The molecule has 2 unspecified atom stereocenters. The lowest BCUT2D eigenvalue weighted by atomic mass is 9.81. The van der Waals surface area contributed by atoms with Crippen molar-refractivity contribution in [3.63, 3.8) is 0 Å². The van der Waals surface area contributed by atoms with Gasteiger partial charge in [-0.3, -0.25) is 0 Å². The maximum absolute atomic E-state index is 5.62. The third-order valence-electron chi connectivity index (χ3n) is 4.71. The summed E-state index contributed by atoms with van der Waals surface area (Å²) in [4.78, 5) is 0. The molecule has 0 spiro atoms. The maximum atomic E-state index is 5.62. The number of rotatable bonds is 5. The van der Waals surface area contributed by atoms with Crippen LogP contribution in [-0.4, -0.2) is 19.8 Å². The fourth-order valence-electron chi connectivity index (χ4n) is 3.56. The van der Waals surface area contributed by atoms with Crippen molar-refractivity contribution in [1.82, 2.24) is 5.32 Å². The van der Waals surface area contributed by atoms with Crippen molar-refractivity contribution < 1.29 is 9.47 Å². The molecule has 1 saturated carbocycles. The van der Waals surface area contributed by atoms with Crippen molar-refractivity contribution in [3.8, 4) is 11.5 Å². The molecule has 3 heteroatoms. The molecule has 0 amide bonds. The van der Waals surface area contributed by atoms with Gasteiger partial charge in [0.1, 0.15) is 13.2 Å². The fourth-order valence-corrected chi connectivity index (χ4v) is 3.56. The summed E-state index contributed by atoms with van der Waals surface area (Å²) < 4.78 is 11.2. The van der Waals surface area contributed by atoms with Gasteiger partial charge in [0.15, 0.2) is 11.5 Å². The Balaban J connectivity index is 1.41. The van der Waals surface area contributed by atoms with Crippen molar-refractivity contribution >= 4 is 0 Å². The summed E-state index contributed by atoms with van der Waals surface area (Å²) >= 11 is 0. The van der Waals surface area contributed by atoms with Crippen LogP contribution in [0.2, 0.25) is 0 Å². The summed E-state index contributed by atoms with van der Waals surface area (Å²) in [7, 11) is 0. The van der Waals surface area contributed by atoms with Crippen LogP contribution in [0.4, 0.5) is 0 Å². The predicted molar refractivity (Wildman–Crippen MR) is 84.9 cm³/mol. The Morgan fingerprint density at radius 2 is 2.00 bits per heavy atom. The molecule has 21 heavy (non-hydrogen) atoms. The van der Waals surface area contributed by atoms with Crippen LogP contribution in [-0.2, 0) is 6.54 Å². The van der Waals surface area contributed by atoms with E-state index in [4.69, 9.17) is 9.47 Å². The first-order valence-corrected chi connectivity index (χ1v) is 8.40. The summed E-state index contributed by atoms with van der Waals surface area (Å²) in [6.45, 7) is 5.74. The number of ether oxygens (including phenoxy) is 2. The van der Waals surface area contributed by atoms with Crippen LogP contribution in [0.5, 0.6) is 11.5 Å². The van der Waals surface area contributed by atoms with Gasteiger partial charge in [-0.2, -0.15) is 0 Å². The molecule has 3 rings (SSSR count). The number of benzene rings is 1. The first kappa shape index (κ1) is 14.7. The summed E-state index contributed by atoms with van der Waals surface area (Å²) in [6, 6.07) is 6.25. The van der Waals surface area contributed by atoms with Gasteiger partial charge in [0, 0.05) is 6.54 Å². The lowest BCUT2D eigenvalue weighted by Gasteiger charge is -2.26. The summed E-state index contributed by atoms with van der Waals surface area (Å²) in [5.41, 5.74) is 1.27. The Kier molecular flexibility index (Phi) is 5.02. The van der Waals surface area contributed by atoms with E-state index in [1.807, 2.05) is 6.07 Å². The molecule has 116 valence electrons. The summed E-state index contributed by atoms with van der Waals surface area (Å²) in [6.07, 6.45) is 7.02. The molecule has 0 aromatic heterocycles. The molecule has 2 aliphatic rings. The molecular formula is C18H27NO2. The van der Waals surface area contributed by atoms with E-state index < -0.39 is 0 Å². The van der Waals surface area contributed by atoms with Crippen molar-refractivity contribution in [2.24, 2.45) is 11.8 Å². The van der Waals surface area contributed by atoms with E-state index in [1.54, 1.807) is 0 Å². The van der Waals surface area contributed by atoms with Gasteiger partial charge >= 0.3 is 0 Å². The highest BCUT2D eigenvalue weighted by Crippen LogP contribution is 2.31. The quantitative estimate of drug-likeness (QED) is 0.837. The van der Waals surface area contributed by atoms with Gasteiger partial charge in [-0.05, 0) is 48.9 Å². The Morgan fingerprint density at radius 1 is 1.14 bits per heavy atom. The summed E-state index contributed by atoms with van der Waals surface area (Å²) in [5, 5.41) is 3.57. The monoisotopic (exact) mass is 289 g/mol. The Labute approximate surface area is 128 Å². The number of hydrogen-bond donors (Lipinski definition) is 1. The fraction of sp³-hybridized carbons (Fsp3) is 0.667. The number of nitrogens with one attached hydrogen (secondary N) is 1. The van der Waals surface area contributed by atoms with Crippen LogP contribution >= 0.6 is 0 Å². The molecule has 1 aliphatic carbocycles. The third kappa shape index (κ3) is 4.13. The van der Waals surface area contributed by atoms with Gasteiger partial charge in [-0.15, -0.1) is 0 Å². The second-order valence-electron chi connectivity index (χ2n) is 6.58. The van der Waals surface area contributed by atoms with Crippen LogP contribution in [0.25, 0.3) is 0 Å². The average Bonchev–Trinajstić information content (AvgIpc) is 2.51. The standard InChI is InChI=1S/C18H27NO2/c1-14-3-2-4-15(11-14)7-8-19-13-16-5-6-17-18(12-16)21-10-9-20-17/h5-6,12,14-15,19H,2-4,7-11,13H2,1H3. The van der Waals surface area contributed by atoms with E-state index in [-0.39, 0.29) is 0 Å². The molecule has 0 saturated heterocycles. The van der Waals surface area contributed by atoms with Crippen molar-refractivity contribution in [3.05, 3.63) is 23.8 Å². The number of hydrogen-bond acceptors (Lipinski definition) is 3. The zero-order valence-corrected chi connectivity index (χ0v) is 13.1. The van der Waals surface area contributed by atoms with Crippen molar-refractivity contribution in [2.45, 2.75) is 45.6 Å². The lowest BCUT2D eigenvalue weighted by Crippen LogP contribution is -2.21. The van der Waals surface area contributed by atoms with Gasteiger partial charge in [0.05, 0.1) is 0 Å². The molecule has 1 fully saturated rings. The molecule has 0 radical (unpaired) electrons. The van der Waals surface area contributed by atoms with Crippen LogP contribution in [0, 0.1) is 11.8 Å². The highest BCUT2D eigenvalue weighted by atomic mass is 16.6. The topological polar surface area (TPSA) is 30.5 Å². The zero-order valence-electron chi connectivity index (χ0n) is 13.1. The Bertz CT molecular complexity index is 461. The van der Waals surface area contributed by atoms with E-state index in [2.05, 4.69) is 24.4 Å². The van der Waals surface area contributed by atoms with E-state index in [9.17, 15) is 0 Å². The van der Waals surface area contributed by atoms with E-state index in [0.29, 0.717) is 13.2 Å². The minimum absolute atomic E-state index is 0.656. The molecule has 1 aliphatic heterocycles. The summed E-state index contributed by atoms with van der Waals surface area (Å²) in [5.74, 6) is 3.63. The maximum Gasteiger partial charge on any atom is 0.161 e. The van der Waals surface area contributed by atoms with Crippen LogP contribution < -0.4 is 14.8 Å². The van der Waals surface area contributed by atoms with Gasteiger partial charge in [0.25, 0.3) is 0 Å². The Hall–Kier alpha value is -1.22. The van der Waals surface area contributed by atoms with E-state index in [1.165, 1.54) is 37.7 Å². The first-order valence-electron chi connectivity index (χ1n) is 8.40. The first-order chi connectivity index (χ1) is 10.3. The van der Waals surface area contributed by atoms with Gasteiger partial charge < -0.3 is 14.8 Å². The third-order valence-corrected chi connectivity index (χ3v) is 4.71. The minimum atomic E-state index is 0.656. The Morgan fingerprint density at radius 3 is 2.86 bits per heavy atom. The van der Waals surface area contributed by atoms with Crippen molar-refractivity contribution in [2.75, 3.05) is 19.8 Å². The van der Waals surface area contributed by atoms with E-state index >= 15 is 0 Å². The van der Waals surface area contributed by atoms with Gasteiger partial charge in [-0.25, -0.2) is 0 Å². The second kappa shape index (κ2) is 7.17. The molecule has 2 atom stereocenters. The van der Waals surface area contributed by atoms with Crippen LogP contribution in [0.1, 0.15) is 44.6 Å². The highest BCUT2D eigenvalue weighted by Gasteiger charge is 2.18. The molecule has 1 heterocycles. The predicted octanol–water partition coefficient (Wildman–Crippen LogP) is 3.76. The molecule has 0 bridgehead atoms. The molecular weight excluding hydrogens is 262 g/mol.